The molecule has 0 aromatic heterocycles. The Morgan fingerprint density at radius 3 is 2.38 bits per heavy atom. The molecule has 1 rings (SSSR count). The van der Waals surface area contributed by atoms with Gasteiger partial charge in [0, 0.05) is 5.92 Å². The van der Waals surface area contributed by atoms with Crippen molar-refractivity contribution in [1.29, 1.82) is 0 Å². The number of hydrogen-bond donors (Lipinski definition) is 1. The number of carbonyl (C=O) groups excluding carboxylic acids is 1. The van der Waals surface area contributed by atoms with Crippen molar-refractivity contribution < 1.29 is 22.7 Å². The molecule has 1 saturated heterocycles. The quantitative estimate of drug-likeness (QED) is 0.813. The first-order valence-electron chi connectivity index (χ1n) is 5.29. The molecule has 1 aliphatic rings. The van der Waals surface area contributed by atoms with E-state index in [1.165, 1.54) is 0 Å². The molecule has 0 radical (unpaired) electrons. The zero-order chi connectivity index (χ0) is 12.4. The van der Waals surface area contributed by atoms with E-state index in [1.54, 1.807) is 6.92 Å². The van der Waals surface area contributed by atoms with Gasteiger partial charge >= 0.3 is 6.18 Å². The second-order valence-corrected chi connectivity index (χ2v) is 4.25. The molecule has 3 nitrogen and oxygen atoms in total. The first-order chi connectivity index (χ1) is 7.32. The zero-order valence-corrected chi connectivity index (χ0v) is 9.36. The highest BCUT2D eigenvalue weighted by atomic mass is 19.4. The summed E-state index contributed by atoms with van der Waals surface area (Å²) < 4.78 is 42.6. The Morgan fingerprint density at radius 1 is 1.50 bits per heavy atom. The normalized spacial score (nSPS) is 21.1. The van der Waals surface area contributed by atoms with Crippen LogP contribution in [0.5, 0.6) is 0 Å². The van der Waals surface area contributed by atoms with Gasteiger partial charge in [-0.15, -0.1) is 0 Å². The number of hydrogen-bond acceptors (Lipinski definition) is 2. The third-order valence-electron chi connectivity index (χ3n) is 2.77. The number of alkyl halides is 3. The van der Waals surface area contributed by atoms with Gasteiger partial charge in [-0.1, -0.05) is 20.3 Å². The van der Waals surface area contributed by atoms with Crippen molar-refractivity contribution in [2.45, 2.75) is 38.4 Å². The van der Waals surface area contributed by atoms with E-state index in [4.69, 9.17) is 0 Å². The summed E-state index contributed by atoms with van der Waals surface area (Å²) in [4.78, 5) is 11.5. The van der Waals surface area contributed by atoms with Crippen molar-refractivity contribution in [3.63, 3.8) is 0 Å². The lowest BCUT2D eigenvalue weighted by Crippen LogP contribution is -2.71. The van der Waals surface area contributed by atoms with E-state index in [0.717, 1.165) is 6.42 Å². The molecule has 0 bridgehead atoms. The molecule has 1 unspecified atom stereocenters. The Bertz CT molecular complexity index is 261. The second-order valence-electron chi connectivity index (χ2n) is 4.25. The molecular weight excluding hydrogens is 223 g/mol. The molecule has 1 atom stereocenters. The summed E-state index contributed by atoms with van der Waals surface area (Å²) in [6, 6.07) is 0. The molecule has 0 saturated carbocycles. The van der Waals surface area contributed by atoms with Crippen molar-refractivity contribution >= 4 is 5.91 Å². The van der Waals surface area contributed by atoms with Gasteiger partial charge in [0.05, 0.1) is 13.2 Å². The van der Waals surface area contributed by atoms with Crippen LogP contribution >= 0.6 is 0 Å². The van der Waals surface area contributed by atoms with Gasteiger partial charge in [-0.25, -0.2) is 0 Å². The molecule has 94 valence electrons. The minimum absolute atomic E-state index is 0.398. The molecule has 1 heterocycles. The highest BCUT2D eigenvalue weighted by Gasteiger charge is 2.61. The fraction of sp³-hybridized carbons (Fsp3) is 0.900. The average Bonchev–Trinajstić information content (AvgIpc) is 2.09. The molecule has 6 heteroatoms. The summed E-state index contributed by atoms with van der Waals surface area (Å²) in [5.41, 5.74) is -2.16. The Labute approximate surface area is 92.3 Å². The van der Waals surface area contributed by atoms with E-state index >= 15 is 0 Å². The monoisotopic (exact) mass is 239 g/mol. The number of amides is 1. The van der Waals surface area contributed by atoms with Crippen molar-refractivity contribution in [2.75, 3.05) is 13.2 Å². The smallest absolute Gasteiger partial charge is 0.376 e. The van der Waals surface area contributed by atoms with Crippen LogP contribution in [0, 0.1) is 5.92 Å². The van der Waals surface area contributed by atoms with E-state index in [1.807, 2.05) is 6.92 Å². The van der Waals surface area contributed by atoms with Crippen molar-refractivity contribution in [3.05, 3.63) is 0 Å². The van der Waals surface area contributed by atoms with E-state index in [2.05, 4.69) is 10.1 Å². The molecule has 0 spiro atoms. The van der Waals surface area contributed by atoms with Gasteiger partial charge < -0.3 is 10.1 Å². The van der Waals surface area contributed by atoms with Crippen LogP contribution in [0.1, 0.15) is 26.7 Å². The first-order valence-corrected chi connectivity index (χ1v) is 5.29. The van der Waals surface area contributed by atoms with Crippen LogP contribution in [-0.4, -0.2) is 30.8 Å². The van der Waals surface area contributed by atoms with Gasteiger partial charge in [-0.05, 0) is 6.42 Å². The third-order valence-corrected chi connectivity index (χ3v) is 2.77. The summed E-state index contributed by atoms with van der Waals surface area (Å²) >= 11 is 0. The second kappa shape index (κ2) is 4.61. The van der Waals surface area contributed by atoms with Crippen molar-refractivity contribution in [1.82, 2.24) is 5.32 Å². The van der Waals surface area contributed by atoms with Gasteiger partial charge in [-0.2, -0.15) is 13.2 Å². The number of rotatable bonds is 4. The lowest BCUT2D eigenvalue weighted by molar-refractivity contribution is -0.266. The number of nitrogens with one attached hydrogen (secondary N) is 1. The summed E-state index contributed by atoms with van der Waals surface area (Å²) in [6.07, 6.45) is -3.10. The van der Waals surface area contributed by atoms with Crippen LogP contribution in [0.2, 0.25) is 0 Å². The highest BCUT2D eigenvalue weighted by Crippen LogP contribution is 2.36. The Hall–Kier alpha value is -0.780. The fourth-order valence-electron chi connectivity index (χ4n) is 1.54. The largest absolute Gasteiger partial charge is 0.416 e. The van der Waals surface area contributed by atoms with Crippen LogP contribution < -0.4 is 5.32 Å². The lowest BCUT2D eigenvalue weighted by atomic mass is 9.94. The van der Waals surface area contributed by atoms with Crippen LogP contribution in [0.25, 0.3) is 0 Å². The fourth-order valence-corrected chi connectivity index (χ4v) is 1.54. The molecule has 0 aliphatic carbocycles. The Kier molecular flexibility index (Phi) is 3.83. The van der Waals surface area contributed by atoms with Gasteiger partial charge in [0.2, 0.25) is 5.91 Å². The van der Waals surface area contributed by atoms with Gasteiger partial charge in [0.25, 0.3) is 0 Å². The van der Waals surface area contributed by atoms with Gasteiger partial charge in [0.15, 0.2) is 5.54 Å². The van der Waals surface area contributed by atoms with E-state index in [0.29, 0.717) is 6.42 Å². The van der Waals surface area contributed by atoms with E-state index in [-0.39, 0.29) is 0 Å². The van der Waals surface area contributed by atoms with Crippen LogP contribution in [0.4, 0.5) is 13.2 Å². The third kappa shape index (κ3) is 2.48. The summed E-state index contributed by atoms with van der Waals surface area (Å²) in [5, 5.41) is 2.07. The SMILES string of the molecule is CCCC(C)C(=O)NC1(C(F)(F)F)COC1. The molecule has 1 fully saturated rings. The molecule has 1 aliphatic heterocycles. The highest BCUT2D eigenvalue weighted by molar-refractivity contribution is 5.79. The predicted octanol–water partition coefficient (Wildman–Crippen LogP) is 1.87. The number of ether oxygens (including phenoxy) is 1. The lowest BCUT2D eigenvalue weighted by Gasteiger charge is -2.43. The molecule has 1 N–H and O–H groups in total. The minimum atomic E-state index is -4.45. The van der Waals surface area contributed by atoms with Crippen molar-refractivity contribution in [2.24, 2.45) is 5.92 Å². The van der Waals surface area contributed by atoms with Crippen LogP contribution in [0.3, 0.4) is 0 Å². The molecule has 0 aromatic carbocycles. The molecular formula is C10H16F3NO2. The Morgan fingerprint density at radius 2 is 2.06 bits per heavy atom. The van der Waals surface area contributed by atoms with E-state index < -0.39 is 36.8 Å². The predicted molar refractivity (Wildman–Crippen MR) is 51.8 cm³/mol. The summed E-state index contributed by atoms with van der Waals surface area (Å²) in [7, 11) is 0. The van der Waals surface area contributed by atoms with Crippen LogP contribution in [-0.2, 0) is 9.53 Å². The maximum absolute atomic E-state index is 12.7. The summed E-state index contributed by atoms with van der Waals surface area (Å²) in [5.74, 6) is -0.952. The number of halogens is 3. The number of carbonyl (C=O) groups is 1. The zero-order valence-electron chi connectivity index (χ0n) is 9.36. The van der Waals surface area contributed by atoms with Gasteiger partial charge in [-0.3, -0.25) is 4.79 Å². The average molecular weight is 239 g/mol. The molecule has 0 aromatic rings. The molecule has 1 amide bonds. The van der Waals surface area contributed by atoms with E-state index in [9.17, 15) is 18.0 Å². The topological polar surface area (TPSA) is 38.3 Å². The standard InChI is InChI=1S/C10H16F3NO2/c1-3-4-7(2)8(15)14-9(5-16-6-9)10(11,12)13/h7H,3-6H2,1-2H3,(H,14,15). The molecule has 16 heavy (non-hydrogen) atoms. The Balaban J connectivity index is 2.61. The minimum Gasteiger partial charge on any atom is -0.376 e. The van der Waals surface area contributed by atoms with Crippen LogP contribution in [0.15, 0.2) is 0 Å². The summed E-state index contributed by atoms with van der Waals surface area (Å²) in [6.45, 7) is 2.54. The maximum atomic E-state index is 12.7. The maximum Gasteiger partial charge on any atom is 0.416 e. The van der Waals surface area contributed by atoms with Gasteiger partial charge in [0.1, 0.15) is 0 Å². The van der Waals surface area contributed by atoms with Crippen molar-refractivity contribution in [3.8, 4) is 0 Å². The first kappa shape index (κ1) is 13.3.